The Labute approximate surface area is 219 Å². The number of methoxy groups -OCH3 is 1. The van der Waals surface area contributed by atoms with E-state index in [-0.39, 0.29) is 25.1 Å². The van der Waals surface area contributed by atoms with Crippen LogP contribution in [0.4, 0.5) is 4.79 Å². The zero-order chi connectivity index (χ0) is 25.8. The van der Waals surface area contributed by atoms with E-state index >= 15 is 0 Å². The van der Waals surface area contributed by atoms with Crippen LogP contribution in [0.25, 0.3) is 0 Å². The molecule has 0 radical (unpaired) electrons. The SMILES string of the molecule is CNC(CNC(=O)c1cccc([C@@H](OCCNC(=O)OC)c2cccc(Cl)c2)c1)CC1CCCCC1. The molecule has 3 rings (SSSR count). The number of ether oxygens (including phenoxy) is 2. The average Bonchev–Trinajstić information content (AvgIpc) is 2.91. The molecule has 0 heterocycles. The number of alkyl carbamates (subject to hydrolysis) is 1. The fourth-order valence-corrected chi connectivity index (χ4v) is 4.94. The van der Waals surface area contributed by atoms with Crippen molar-refractivity contribution in [3.8, 4) is 0 Å². The molecule has 0 bridgehead atoms. The average molecular weight is 516 g/mol. The molecule has 1 unspecified atom stereocenters. The standard InChI is InChI=1S/C28H38ClN3O4/c1-30-25(16-20-8-4-3-5-9-20)19-32-27(33)23-12-6-10-21(17-23)26(22-11-7-13-24(29)18-22)36-15-14-31-28(34)35-2/h6-7,10-13,17-18,20,25-26,30H,3-5,8-9,14-16,19H2,1-2H3,(H,31,34)(H,32,33)/t25?,26-/m1/s1. The van der Waals surface area contributed by atoms with Crippen LogP contribution in [0.2, 0.25) is 5.02 Å². The minimum atomic E-state index is -0.514. The number of rotatable bonds is 12. The maximum atomic E-state index is 13.0. The summed E-state index contributed by atoms with van der Waals surface area (Å²) in [6.45, 7) is 1.13. The van der Waals surface area contributed by atoms with Crippen LogP contribution in [-0.2, 0) is 9.47 Å². The molecule has 8 heteroatoms. The van der Waals surface area contributed by atoms with Gasteiger partial charge in [-0.3, -0.25) is 4.79 Å². The van der Waals surface area contributed by atoms with E-state index in [1.807, 2.05) is 49.5 Å². The summed E-state index contributed by atoms with van der Waals surface area (Å²) in [5.41, 5.74) is 2.26. The number of likely N-dealkylation sites (N-methyl/N-ethyl adjacent to an activating group) is 1. The lowest BCUT2D eigenvalue weighted by Crippen LogP contribution is -2.40. The summed E-state index contributed by atoms with van der Waals surface area (Å²) in [5, 5.41) is 9.68. The number of hydrogen-bond acceptors (Lipinski definition) is 5. The number of benzene rings is 2. The van der Waals surface area contributed by atoms with E-state index in [1.165, 1.54) is 39.2 Å². The highest BCUT2D eigenvalue weighted by molar-refractivity contribution is 6.30. The monoisotopic (exact) mass is 515 g/mol. The van der Waals surface area contributed by atoms with E-state index < -0.39 is 12.2 Å². The zero-order valence-electron chi connectivity index (χ0n) is 21.2. The Morgan fingerprint density at radius 2 is 1.75 bits per heavy atom. The summed E-state index contributed by atoms with van der Waals surface area (Å²) >= 11 is 6.24. The second-order valence-electron chi connectivity index (χ2n) is 9.29. The Morgan fingerprint density at radius 1 is 1.03 bits per heavy atom. The van der Waals surface area contributed by atoms with E-state index in [1.54, 1.807) is 6.07 Å². The van der Waals surface area contributed by atoms with E-state index in [0.717, 1.165) is 23.5 Å². The number of amides is 2. The lowest BCUT2D eigenvalue weighted by atomic mass is 9.85. The van der Waals surface area contributed by atoms with Crippen molar-refractivity contribution in [2.45, 2.75) is 50.7 Å². The lowest BCUT2D eigenvalue weighted by Gasteiger charge is -2.26. The second kappa shape index (κ2) is 14.8. The van der Waals surface area contributed by atoms with Crippen LogP contribution in [0.1, 0.15) is 66.1 Å². The quantitative estimate of drug-likeness (QED) is 0.343. The first-order chi connectivity index (χ1) is 17.5. The molecule has 1 aliphatic carbocycles. The molecule has 0 saturated heterocycles. The van der Waals surface area contributed by atoms with Crippen LogP contribution in [-0.4, -0.2) is 51.9 Å². The summed E-state index contributed by atoms with van der Waals surface area (Å²) < 4.78 is 10.7. The fourth-order valence-electron chi connectivity index (χ4n) is 4.75. The lowest BCUT2D eigenvalue weighted by molar-refractivity contribution is 0.0804. The molecule has 1 saturated carbocycles. The van der Waals surface area contributed by atoms with Gasteiger partial charge in [0.25, 0.3) is 5.91 Å². The number of nitrogens with one attached hydrogen (secondary N) is 3. The first kappa shape index (κ1) is 28.0. The molecule has 2 aromatic rings. The molecule has 0 aromatic heterocycles. The van der Waals surface area contributed by atoms with Crippen molar-refractivity contribution in [1.82, 2.24) is 16.0 Å². The van der Waals surface area contributed by atoms with Crippen LogP contribution in [0, 0.1) is 5.92 Å². The summed E-state index contributed by atoms with van der Waals surface area (Å²) in [5.74, 6) is 0.624. The van der Waals surface area contributed by atoms with Gasteiger partial charge in [0.1, 0.15) is 6.10 Å². The maximum Gasteiger partial charge on any atom is 0.406 e. The second-order valence-corrected chi connectivity index (χ2v) is 9.72. The van der Waals surface area contributed by atoms with Gasteiger partial charge in [-0.25, -0.2) is 4.79 Å². The van der Waals surface area contributed by atoms with E-state index in [9.17, 15) is 9.59 Å². The zero-order valence-corrected chi connectivity index (χ0v) is 22.0. The molecule has 36 heavy (non-hydrogen) atoms. The van der Waals surface area contributed by atoms with Gasteiger partial charge in [-0.05, 0) is 54.8 Å². The Kier molecular flexibility index (Phi) is 11.5. The van der Waals surface area contributed by atoms with Gasteiger partial charge in [0.05, 0.1) is 13.7 Å². The first-order valence-corrected chi connectivity index (χ1v) is 13.1. The maximum absolute atomic E-state index is 13.0. The van der Waals surface area contributed by atoms with Gasteiger partial charge < -0.3 is 25.4 Å². The van der Waals surface area contributed by atoms with Gasteiger partial charge in [-0.15, -0.1) is 0 Å². The number of hydrogen-bond donors (Lipinski definition) is 3. The van der Waals surface area contributed by atoms with Crippen molar-refractivity contribution >= 4 is 23.6 Å². The minimum absolute atomic E-state index is 0.113. The largest absolute Gasteiger partial charge is 0.453 e. The van der Waals surface area contributed by atoms with E-state index in [4.69, 9.17) is 16.3 Å². The predicted octanol–water partition coefficient (Wildman–Crippen LogP) is 5.09. The molecule has 2 aromatic carbocycles. The van der Waals surface area contributed by atoms with Gasteiger partial charge in [-0.2, -0.15) is 0 Å². The van der Waals surface area contributed by atoms with Gasteiger partial charge in [0, 0.05) is 29.7 Å². The highest BCUT2D eigenvalue weighted by atomic mass is 35.5. The first-order valence-electron chi connectivity index (χ1n) is 12.7. The molecule has 196 valence electrons. The molecule has 0 aliphatic heterocycles. The third kappa shape index (κ3) is 8.80. The van der Waals surface area contributed by atoms with Crippen molar-refractivity contribution in [2.75, 3.05) is 33.9 Å². The van der Waals surface area contributed by atoms with Gasteiger partial charge >= 0.3 is 6.09 Å². The normalized spacial score (nSPS) is 15.6. The molecular weight excluding hydrogens is 478 g/mol. The van der Waals surface area contributed by atoms with Crippen molar-refractivity contribution in [3.05, 3.63) is 70.2 Å². The smallest absolute Gasteiger partial charge is 0.406 e. The molecule has 2 atom stereocenters. The molecule has 3 N–H and O–H groups in total. The van der Waals surface area contributed by atoms with Gasteiger partial charge in [0.15, 0.2) is 0 Å². The molecule has 0 spiro atoms. The van der Waals surface area contributed by atoms with Crippen LogP contribution in [0.15, 0.2) is 48.5 Å². The third-order valence-electron chi connectivity index (χ3n) is 6.70. The Bertz CT molecular complexity index is 981. The summed E-state index contributed by atoms with van der Waals surface area (Å²) in [6, 6.07) is 15.1. The van der Waals surface area contributed by atoms with Crippen molar-refractivity contribution in [2.24, 2.45) is 5.92 Å². The highest BCUT2D eigenvalue weighted by Crippen LogP contribution is 2.29. The Morgan fingerprint density at radius 3 is 2.44 bits per heavy atom. The molecular formula is C28H38ClN3O4. The highest BCUT2D eigenvalue weighted by Gasteiger charge is 2.20. The van der Waals surface area contributed by atoms with Gasteiger partial charge in [0.2, 0.25) is 0 Å². The predicted molar refractivity (Wildman–Crippen MR) is 142 cm³/mol. The molecule has 1 aliphatic rings. The van der Waals surface area contributed by atoms with Crippen molar-refractivity contribution < 1.29 is 19.1 Å². The molecule has 1 fully saturated rings. The van der Waals surface area contributed by atoms with Gasteiger partial charge in [-0.1, -0.05) is 68.0 Å². The minimum Gasteiger partial charge on any atom is -0.453 e. The number of carbonyl (C=O) groups is 2. The summed E-state index contributed by atoms with van der Waals surface area (Å²) in [4.78, 5) is 24.4. The van der Waals surface area contributed by atoms with Crippen LogP contribution < -0.4 is 16.0 Å². The van der Waals surface area contributed by atoms with E-state index in [2.05, 4.69) is 20.7 Å². The topological polar surface area (TPSA) is 88.7 Å². The summed E-state index contributed by atoms with van der Waals surface area (Å²) in [7, 11) is 3.28. The third-order valence-corrected chi connectivity index (χ3v) is 6.94. The fraction of sp³-hybridized carbons (Fsp3) is 0.500. The van der Waals surface area contributed by atoms with Crippen LogP contribution in [0.5, 0.6) is 0 Å². The van der Waals surface area contributed by atoms with E-state index in [0.29, 0.717) is 17.1 Å². The Hall–Kier alpha value is -2.61. The number of carbonyl (C=O) groups excluding carboxylic acids is 2. The van der Waals surface area contributed by atoms with Crippen molar-refractivity contribution in [1.29, 1.82) is 0 Å². The molecule has 7 nitrogen and oxygen atoms in total. The Balaban J connectivity index is 1.66. The molecule has 2 amide bonds. The summed E-state index contributed by atoms with van der Waals surface area (Å²) in [6.07, 6.45) is 6.66. The van der Waals surface area contributed by atoms with Crippen molar-refractivity contribution in [3.63, 3.8) is 0 Å². The van der Waals surface area contributed by atoms with Crippen LogP contribution >= 0.6 is 11.6 Å². The number of halogens is 1. The van der Waals surface area contributed by atoms with Crippen LogP contribution in [0.3, 0.4) is 0 Å².